The third-order valence-corrected chi connectivity index (χ3v) is 2.77. The van der Waals surface area contributed by atoms with Crippen LogP contribution in [-0.2, 0) is 6.42 Å². The Kier molecular flexibility index (Phi) is 1.48. The predicted octanol–water partition coefficient (Wildman–Crippen LogP) is 0.885. The molecular formula is C7H9NOS. The number of rotatable bonds is 0. The lowest BCUT2D eigenvalue weighted by atomic mass is 10.1. The first-order valence-electron chi connectivity index (χ1n) is 3.35. The molecule has 0 saturated heterocycles. The number of thiophene rings is 1. The van der Waals surface area contributed by atoms with Crippen LogP contribution in [-0.4, -0.2) is 11.7 Å². The van der Waals surface area contributed by atoms with E-state index in [4.69, 9.17) is 0 Å². The summed E-state index contributed by atoms with van der Waals surface area (Å²) in [5.74, 6) is 0. The van der Waals surface area contributed by atoms with Gasteiger partial charge >= 0.3 is 0 Å². The first-order chi connectivity index (χ1) is 4.88. The molecule has 0 aliphatic carbocycles. The van der Waals surface area contributed by atoms with Gasteiger partial charge in [-0.1, -0.05) is 0 Å². The van der Waals surface area contributed by atoms with E-state index in [0.29, 0.717) is 0 Å². The van der Waals surface area contributed by atoms with Gasteiger partial charge in [0.05, 0.1) is 4.88 Å². The highest BCUT2D eigenvalue weighted by Crippen LogP contribution is 2.25. The first kappa shape index (κ1) is 6.34. The average molecular weight is 155 g/mol. The number of nitrogens with one attached hydrogen (secondary N) is 1. The summed E-state index contributed by atoms with van der Waals surface area (Å²) < 4.78 is 0. The van der Waals surface area contributed by atoms with Gasteiger partial charge in [0.2, 0.25) is 0 Å². The molecule has 2 rings (SSSR count). The summed E-state index contributed by atoms with van der Waals surface area (Å²) in [6.07, 6.45) is 0.638. The van der Waals surface area contributed by atoms with Gasteiger partial charge in [-0.2, -0.15) is 0 Å². The third kappa shape index (κ3) is 0.868. The molecule has 1 aliphatic rings. The Morgan fingerprint density at radius 3 is 3.40 bits per heavy atom. The maximum absolute atomic E-state index is 9.35. The van der Waals surface area contributed by atoms with Crippen LogP contribution in [0.3, 0.4) is 0 Å². The molecule has 2 nitrogen and oxygen atoms in total. The van der Waals surface area contributed by atoms with Crippen LogP contribution in [0.4, 0.5) is 0 Å². The normalized spacial score (nSPS) is 24.3. The maximum atomic E-state index is 9.35. The Morgan fingerprint density at radius 1 is 1.70 bits per heavy atom. The first-order valence-corrected chi connectivity index (χ1v) is 4.23. The van der Waals surface area contributed by atoms with E-state index in [-0.39, 0.29) is 0 Å². The van der Waals surface area contributed by atoms with Crippen LogP contribution in [0, 0.1) is 0 Å². The fraction of sp³-hybridized carbons (Fsp3) is 0.429. The van der Waals surface area contributed by atoms with E-state index in [2.05, 4.69) is 11.4 Å². The van der Waals surface area contributed by atoms with E-state index in [1.165, 1.54) is 5.56 Å². The Labute approximate surface area is 63.5 Å². The van der Waals surface area contributed by atoms with Crippen molar-refractivity contribution in [2.75, 3.05) is 6.54 Å². The van der Waals surface area contributed by atoms with Crippen LogP contribution in [0.15, 0.2) is 11.4 Å². The summed E-state index contributed by atoms with van der Waals surface area (Å²) in [7, 11) is 0. The van der Waals surface area contributed by atoms with Crippen molar-refractivity contribution < 1.29 is 5.11 Å². The summed E-state index contributed by atoms with van der Waals surface area (Å²) in [5, 5.41) is 14.4. The monoisotopic (exact) mass is 155 g/mol. The van der Waals surface area contributed by atoms with Crippen LogP contribution < -0.4 is 5.32 Å². The molecule has 0 fully saturated rings. The van der Waals surface area contributed by atoms with Crippen molar-refractivity contribution in [1.29, 1.82) is 0 Å². The van der Waals surface area contributed by atoms with Gasteiger partial charge in [-0.25, -0.2) is 0 Å². The zero-order valence-corrected chi connectivity index (χ0v) is 6.32. The van der Waals surface area contributed by atoms with Crippen molar-refractivity contribution >= 4 is 11.3 Å². The molecule has 1 aliphatic heterocycles. The third-order valence-electron chi connectivity index (χ3n) is 1.76. The van der Waals surface area contributed by atoms with Crippen molar-refractivity contribution in [1.82, 2.24) is 5.32 Å². The molecule has 1 unspecified atom stereocenters. The molecule has 1 aromatic heterocycles. The van der Waals surface area contributed by atoms with Gasteiger partial charge in [0.15, 0.2) is 0 Å². The van der Waals surface area contributed by atoms with Crippen molar-refractivity contribution in [3.63, 3.8) is 0 Å². The van der Waals surface area contributed by atoms with Gasteiger partial charge in [0.25, 0.3) is 0 Å². The SMILES string of the molecule is OC1NCCc2ccsc21. The molecule has 0 saturated carbocycles. The summed E-state index contributed by atoms with van der Waals surface area (Å²) in [4.78, 5) is 1.09. The van der Waals surface area contributed by atoms with Gasteiger partial charge in [-0.05, 0) is 23.4 Å². The van der Waals surface area contributed by atoms with E-state index in [1.807, 2.05) is 5.38 Å². The van der Waals surface area contributed by atoms with Crippen molar-refractivity contribution in [2.45, 2.75) is 12.6 Å². The van der Waals surface area contributed by atoms with E-state index in [1.54, 1.807) is 11.3 Å². The van der Waals surface area contributed by atoms with Crippen LogP contribution in [0.25, 0.3) is 0 Å². The van der Waals surface area contributed by atoms with Gasteiger partial charge in [-0.3, -0.25) is 5.32 Å². The highest BCUT2D eigenvalue weighted by atomic mass is 32.1. The number of aliphatic hydroxyl groups excluding tert-OH is 1. The van der Waals surface area contributed by atoms with Crippen LogP contribution in [0.1, 0.15) is 16.7 Å². The Balaban J connectivity index is 2.41. The van der Waals surface area contributed by atoms with Gasteiger partial charge < -0.3 is 5.11 Å². The Morgan fingerprint density at radius 2 is 2.60 bits per heavy atom. The Bertz CT molecular complexity index is 233. The average Bonchev–Trinajstić information content (AvgIpc) is 2.36. The van der Waals surface area contributed by atoms with Crippen LogP contribution in [0.5, 0.6) is 0 Å². The van der Waals surface area contributed by atoms with E-state index in [0.717, 1.165) is 17.8 Å². The second-order valence-corrected chi connectivity index (χ2v) is 3.36. The lowest BCUT2D eigenvalue weighted by Gasteiger charge is -2.18. The van der Waals surface area contributed by atoms with Gasteiger partial charge in [0.1, 0.15) is 6.23 Å². The van der Waals surface area contributed by atoms with Crippen LogP contribution >= 0.6 is 11.3 Å². The molecule has 2 N–H and O–H groups in total. The second kappa shape index (κ2) is 2.34. The molecule has 0 bridgehead atoms. The van der Waals surface area contributed by atoms with E-state index >= 15 is 0 Å². The minimum Gasteiger partial charge on any atom is -0.373 e. The predicted molar refractivity (Wildman–Crippen MR) is 41.0 cm³/mol. The lowest BCUT2D eigenvalue weighted by molar-refractivity contribution is 0.136. The number of aliphatic hydroxyl groups is 1. The molecule has 1 atom stereocenters. The van der Waals surface area contributed by atoms with Crippen LogP contribution in [0.2, 0.25) is 0 Å². The maximum Gasteiger partial charge on any atom is 0.140 e. The second-order valence-electron chi connectivity index (χ2n) is 2.42. The van der Waals surface area contributed by atoms with E-state index < -0.39 is 6.23 Å². The molecular weight excluding hydrogens is 146 g/mol. The Hall–Kier alpha value is -0.380. The van der Waals surface area contributed by atoms with Crippen molar-refractivity contribution in [2.24, 2.45) is 0 Å². The largest absolute Gasteiger partial charge is 0.373 e. The quantitative estimate of drug-likeness (QED) is 0.583. The zero-order chi connectivity index (χ0) is 6.97. The standard InChI is InChI=1S/C7H9NOS/c9-7-6-5(1-3-8-7)2-4-10-6/h2,4,7-9H,1,3H2. The zero-order valence-electron chi connectivity index (χ0n) is 5.50. The smallest absolute Gasteiger partial charge is 0.140 e. The minimum absolute atomic E-state index is 0.413. The molecule has 54 valence electrons. The summed E-state index contributed by atoms with van der Waals surface area (Å²) in [6, 6.07) is 2.09. The fourth-order valence-electron chi connectivity index (χ4n) is 1.23. The van der Waals surface area contributed by atoms with Gasteiger partial charge in [0, 0.05) is 6.54 Å². The minimum atomic E-state index is -0.413. The lowest BCUT2D eigenvalue weighted by Crippen LogP contribution is -2.27. The number of hydrogen-bond acceptors (Lipinski definition) is 3. The number of fused-ring (bicyclic) bond motifs is 1. The molecule has 2 heterocycles. The van der Waals surface area contributed by atoms with Gasteiger partial charge in [-0.15, -0.1) is 11.3 Å². The summed E-state index contributed by atoms with van der Waals surface area (Å²) in [5.41, 5.74) is 1.30. The summed E-state index contributed by atoms with van der Waals surface area (Å²) >= 11 is 1.62. The summed E-state index contributed by atoms with van der Waals surface area (Å²) in [6.45, 7) is 0.894. The topological polar surface area (TPSA) is 32.3 Å². The highest BCUT2D eigenvalue weighted by Gasteiger charge is 2.17. The van der Waals surface area contributed by atoms with Crippen molar-refractivity contribution in [3.8, 4) is 0 Å². The fourth-order valence-corrected chi connectivity index (χ4v) is 2.14. The molecule has 10 heavy (non-hydrogen) atoms. The molecule has 0 radical (unpaired) electrons. The van der Waals surface area contributed by atoms with Crippen molar-refractivity contribution in [3.05, 3.63) is 21.9 Å². The molecule has 0 aromatic carbocycles. The molecule has 3 heteroatoms. The molecule has 0 amide bonds. The molecule has 0 spiro atoms. The molecule has 1 aromatic rings. The van der Waals surface area contributed by atoms with E-state index in [9.17, 15) is 5.11 Å². The number of hydrogen-bond donors (Lipinski definition) is 2. The highest BCUT2D eigenvalue weighted by molar-refractivity contribution is 7.10.